The van der Waals surface area contributed by atoms with Gasteiger partial charge in [-0.1, -0.05) is 30.3 Å². The molecular formula is C24H18FN3O4. The Labute approximate surface area is 183 Å². The number of amides is 4. The standard InChI is InChI=1S/C24H18FN3O4/c25-17-8-10-18(11-9-17)26-22(29)15-32-20-12-6-16(7-13-20)14-21-23(30)28(24(31)27-21)19-4-2-1-3-5-19/h1-14H,15H2,(H,26,29)(H,27,31). The normalized spacial score (nSPS) is 14.4. The lowest BCUT2D eigenvalue weighted by Crippen LogP contribution is -2.30. The van der Waals surface area contributed by atoms with Gasteiger partial charge < -0.3 is 15.4 Å². The smallest absolute Gasteiger partial charge is 0.333 e. The average molecular weight is 431 g/mol. The van der Waals surface area contributed by atoms with Gasteiger partial charge in [0.15, 0.2) is 6.61 Å². The maximum absolute atomic E-state index is 12.9. The summed E-state index contributed by atoms with van der Waals surface area (Å²) < 4.78 is 18.4. The van der Waals surface area contributed by atoms with Crippen molar-refractivity contribution in [2.75, 3.05) is 16.8 Å². The molecule has 3 aromatic carbocycles. The molecule has 1 heterocycles. The summed E-state index contributed by atoms with van der Waals surface area (Å²) in [6.07, 6.45) is 1.56. The number of halogens is 1. The fourth-order valence-corrected chi connectivity index (χ4v) is 3.05. The highest BCUT2D eigenvalue weighted by Crippen LogP contribution is 2.22. The van der Waals surface area contributed by atoms with E-state index in [1.54, 1.807) is 60.7 Å². The van der Waals surface area contributed by atoms with Crippen LogP contribution in [0.3, 0.4) is 0 Å². The third kappa shape index (κ3) is 4.81. The maximum Gasteiger partial charge on any atom is 0.333 e. The molecule has 0 spiro atoms. The van der Waals surface area contributed by atoms with E-state index in [4.69, 9.17) is 4.74 Å². The van der Waals surface area contributed by atoms with Crippen LogP contribution in [0.5, 0.6) is 5.75 Å². The summed E-state index contributed by atoms with van der Waals surface area (Å²) in [6.45, 7) is -0.224. The highest BCUT2D eigenvalue weighted by Gasteiger charge is 2.34. The lowest BCUT2D eigenvalue weighted by atomic mass is 10.2. The fourth-order valence-electron chi connectivity index (χ4n) is 3.05. The van der Waals surface area contributed by atoms with Crippen LogP contribution in [0, 0.1) is 5.82 Å². The van der Waals surface area contributed by atoms with E-state index in [1.165, 1.54) is 24.3 Å². The van der Waals surface area contributed by atoms with Crippen molar-refractivity contribution in [3.63, 3.8) is 0 Å². The van der Waals surface area contributed by atoms with Crippen molar-refractivity contribution in [3.8, 4) is 5.75 Å². The van der Waals surface area contributed by atoms with Crippen LogP contribution in [-0.4, -0.2) is 24.5 Å². The van der Waals surface area contributed by atoms with Crippen LogP contribution < -0.4 is 20.3 Å². The van der Waals surface area contributed by atoms with Crippen LogP contribution in [-0.2, 0) is 9.59 Å². The van der Waals surface area contributed by atoms with Gasteiger partial charge >= 0.3 is 6.03 Å². The minimum Gasteiger partial charge on any atom is -0.484 e. The maximum atomic E-state index is 12.9. The van der Waals surface area contributed by atoms with E-state index < -0.39 is 11.9 Å². The number of para-hydroxylation sites is 1. The van der Waals surface area contributed by atoms with Crippen LogP contribution in [0.25, 0.3) is 6.08 Å². The van der Waals surface area contributed by atoms with Gasteiger partial charge in [-0.25, -0.2) is 14.1 Å². The largest absolute Gasteiger partial charge is 0.484 e. The molecule has 160 valence electrons. The molecule has 0 atom stereocenters. The van der Waals surface area contributed by atoms with Gasteiger partial charge in [0, 0.05) is 5.69 Å². The zero-order chi connectivity index (χ0) is 22.5. The summed E-state index contributed by atoms with van der Waals surface area (Å²) >= 11 is 0. The van der Waals surface area contributed by atoms with Crippen molar-refractivity contribution in [2.24, 2.45) is 0 Å². The van der Waals surface area contributed by atoms with Crippen LogP contribution in [0.4, 0.5) is 20.6 Å². The van der Waals surface area contributed by atoms with Crippen LogP contribution in [0.2, 0.25) is 0 Å². The number of nitrogens with zero attached hydrogens (tertiary/aromatic N) is 1. The number of imide groups is 1. The van der Waals surface area contributed by atoms with Gasteiger partial charge in [-0.3, -0.25) is 9.59 Å². The van der Waals surface area contributed by atoms with Crippen molar-refractivity contribution in [2.45, 2.75) is 0 Å². The molecule has 0 bridgehead atoms. The van der Waals surface area contributed by atoms with Gasteiger partial charge in [0.2, 0.25) is 0 Å². The first-order valence-electron chi connectivity index (χ1n) is 9.70. The number of rotatable bonds is 6. The molecule has 0 radical (unpaired) electrons. The highest BCUT2D eigenvalue weighted by molar-refractivity contribution is 6.28. The Kier molecular flexibility index (Phi) is 5.94. The quantitative estimate of drug-likeness (QED) is 0.457. The molecule has 7 nitrogen and oxygen atoms in total. The number of benzene rings is 3. The van der Waals surface area contributed by atoms with E-state index in [0.717, 1.165) is 4.90 Å². The lowest BCUT2D eigenvalue weighted by molar-refractivity contribution is -0.118. The van der Waals surface area contributed by atoms with E-state index in [1.807, 2.05) is 0 Å². The van der Waals surface area contributed by atoms with Crippen molar-refractivity contribution in [3.05, 3.63) is 95.9 Å². The Bertz CT molecular complexity index is 1180. The SMILES string of the molecule is O=C(COc1ccc(C=C2NC(=O)N(c3ccccc3)C2=O)cc1)Nc1ccc(F)cc1. The molecule has 32 heavy (non-hydrogen) atoms. The molecule has 3 aromatic rings. The molecule has 0 saturated carbocycles. The number of hydrogen-bond acceptors (Lipinski definition) is 4. The molecule has 1 fully saturated rings. The zero-order valence-electron chi connectivity index (χ0n) is 16.7. The van der Waals surface area contributed by atoms with E-state index in [-0.39, 0.29) is 24.0 Å². The number of urea groups is 1. The van der Waals surface area contributed by atoms with Crippen molar-refractivity contribution >= 4 is 35.3 Å². The second-order valence-corrected chi connectivity index (χ2v) is 6.88. The van der Waals surface area contributed by atoms with Gasteiger partial charge in [-0.15, -0.1) is 0 Å². The molecule has 2 N–H and O–H groups in total. The number of nitrogens with one attached hydrogen (secondary N) is 2. The van der Waals surface area contributed by atoms with Crippen LogP contribution in [0.1, 0.15) is 5.56 Å². The predicted molar refractivity (Wildman–Crippen MR) is 117 cm³/mol. The fraction of sp³-hybridized carbons (Fsp3) is 0.0417. The molecule has 0 aromatic heterocycles. The van der Waals surface area contributed by atoms with E-state index in [9.17, 15) is 18.8 Å². The third-order valence-corrected chi connectivity index (χ3v) is 4.58. The second-order valence-electron chi connectivity index (χ2n) is 6.88. The first-order valence-corrected chi connectivity index (χ1v) is 9.70. The monoisotopic (exact) mass is 431 g/mol. The molecule has 0 aliphatic carbocycles. The molecular weight excluding hydrogens is 413 g/mol. The van der Waals surface area contributed by atoms with Gasteiger partial charge in [-0.05, 0) is 60.2 Å². The minimum atomic E-state index is -0.514. The van der Waals surface area contributed by atoms with Gasteiger partial charge in [0.1, 0.15) is 17.3 Å². The number of ether oxygens (including phenoxy) is 1. The summed E-state index contributed by atoms with van der Waals surface area (Å²) in [5.74, 6) is -0.767. The van der Waals surface area contributed by atoms with Gasteiger partial charge in [0.25, 0.3) is 11.8 Å². The molecule has 4 amide bonds. The summed E-state index contributed by atoms with van der Waals surface area (Å²) in [6, 6.07) is 20.2. The summed E-state index contributed by atoms with van der Waals surface area (Å²) in [5, 5.41) is 5.18. The zero-order valence-corrected chi connectivity index (χ0v) is 16.7. The Morgan fingerprint density at radius 3 is 2.34 bits per heavy atom. The molecule has 1 aliphatic rings. The molecule has 8 heteroatoms. The number of hydrogen-bond donors (Lipinski definition) is 2. The first kappa shape index (κ1) is 20.8. The van der Waals surface area contributed by atoms with E-state index in [2.05, 4.69) is 10.6 Å². The number of carbonyl (C=O) groups excluding carboxylic acids is 3. The number of anilines is 2. The molecule has 1 aliphatic heterocycles. The minimum absolute atomic E-state index is 0.159. The Morgan fingerprint density at radius 2 is 1.66 bits per heavy atom. The molecule has 4 rings (SSSR count). The Morgan fingerprint density at radius 1 is 0.969 bits per heavy atom. The van der Waals surface area contributed by atoms with E-state index >= 15 is 0 Å². The number of carbonyl (C=O) groups is 3. The van der Waals surface area contributed by atoms with E-state index in [0.29, 0.717) is 22.7 Å². The van der Waals surface area contributed by atoms with Crippen molar-refractivity contribution in [1.82, 2.24) is 5.32 Å². The first-order chi connectivity index (χ1) is 15.5. The van der Waals surface area contributed by atoms with Crippen LogP contribution >= 0.6 is 0 Å². The summed E-state index contributed by atoms with van der Waals surface area (Å²) in [4.78, 5) is 37.9. The topological polar surface area (TPSA) is 87.7 Å². The van der Waals surface area contributed by atoms with Gasteiger partial charge in [-0.2, -0.15) is 0 Å². The molecule has 1 saturated heterocycles. The summed E-state index contributed by atoms with van der Waals surface area (Å²) in [5.41, 5.74) is 1.79. The second kappa shape index (κ2) is 9.13. The van der Waals surface area contributed by atoms with Crippen molar-refractivity contribution in [1.29, 1.82) is 0 Å². The lowest BCUT2D eigenvalue weighted by Gasteiger charge is -2.10. The van der Waals surface area contributed by atoms with Gasteiger partial charge in [0.05, 0.1) is 5.69 Å². The van der Waals surface area contributed by atoms with Crippen molar-refractivity contribution < 1.29 is 23.5 Å². The summed E-state index contributed by atoms with van der Waals surface area (Å²) in [7, 11) is 0. The predicted octanol–water partition coefficient (Wildman–Crippen LogP) is 3.94. The highest BCUT2D eigenvalue weighted by atomic mass is 19.1. The molecule has 0 unspecified atom stereocenters. The Balaban J connectivity index is 1.36. The average Bonchev–Trinajstić information content (AvgIpc) is 3.08. The third-order valence-electron chi connectivity index (χ3n) is 4.58. The Hall–Kier alpha value is -4.46. The van der Waals surface area contributed by atoms with Crippen LogP contribution in [0.15, 0.2) is 84.6 Å².